The molecule has 0 aliphatic heterocycles. The minimum Gasteiger partial charge on any atom is -0.302 e. The van der Waals surface area contributed by atoms with Gasteiger partial charge in [-0.15, -0.1) is 11.3 Å². The van der Waals surface area contributed by atoms with E-state index in [0.717, 1.165) is 11.1 Å². The average molecular weight is 353 g/mol. The Labute approximate surface area is 148 Å². The van der Waals surface area contributed by atoms with Crippen molar-refractivity contribution >= 4 is 29.3 Å². The summed E-state index contributed by atoms with van der Waals surface area (Å²) in [5.74, 6) is -0.461. The molecule has 0 unspecified atom stereocenters. The number of carbonyl (C=O) groups excluding carboxylic acids is 1. The van der Waals surface area contributed by atoms with Gasteiger partial charge in [0, 0.05) is 18.7 Å². The van der Waals surface area contributed by atoms with Gasteiger partial charge in [0.05, 0.1) is 4.53 Å². The molecule has 0 bridgehead atoms. The SMILES string of the molecule is Cc1ccccc1C(=O)/C=c1\s/c(=C\c2ccc(F)cc2)c(=O)n1C. The lowest BCUT2D eigenvalue weighted by Crippen LogP contribution is -2.29. The van der Waals surface area contributed by atoms with Crippen molar-refractivity contribution < 1.29 is 9.18 Å². The Balaban J connectivity index is 2.07. The minimum absolute atomic E-state index is 0.136. The highest BCUT2D eigenvalue weighted by Crippen LogP contribution is 2.08. The predicted octanol–water partition coefficient (Wildman–Crippen LogP) is 2.39. The lowest BCUT2D eigenvalue weighted by atomic mass is 10.1. The maximum atomic E-state index is 13.0. The monoisotopic (exact) mass is 353 g/mol. The van der Waals surface area contributed by atoms with Crippen molar-refractivity contribution in [2.24, 2.45) is 7.05 Å². The van der Waals surface area contributed by atoms with Crippen molar-refractivity contribution in [2.75, 3.05) is 0 Å². The van der Waals surface area contributed by atoms with Crippen LogP contribution in [0.4, 0.5) is 4.39 Å². The number of thiazole rings is 1. The molecule has 0 spiro atoms. The van der Waals surface area contributed by atoms with Crippen molar-refractivity contribution in [1.82, 2.24) is 4.57 Å². The summed E-state index contributed by atoms with van der Waals surface area (Å²) < 4.78 is 15.5. The molecule has 126 valence electrons. The highest BCUT2D eigenvalue weighted by molar-refractivity contribution is 7.07. The Morgan fingerprint density at radius 1 is 1.12 bits per heavy atom. The molecule has 0 saturated heterocycles. The first-order valence-electron chi connectivity index (χ1n) is 7.70. The van der Waals surface area contributed by atoms with E-state index in [2.05, 4.69) is 0 Å². The van der Waals surface area contributed by atoms with Gasteiger partial charge in [0.25, 0.3) is 5.56 Å². The molecule has 0 N–H and O–H groups in total. The van der Waals surface area contributed by atoms with E-state index in [1.54, 1.807) is 31.3 Å². The standard InChI is InChI=1S/C20H16FNO2S/c1-13-5-3-4-6-16(13)17(23)12-19-22(2)20(24)18(25-19)11-14-7-9-15(21)10-8-14/h3-12H,1-2H3/b18-11-,19-12-. The van der Waals surface area contributed by atoms with Gasteiger partial charge < -0.3 is 4.57 Å². The summed E-state index contributed by atoms with van der Waals surface area (Å²) in [6.07, 6.45) is 3.18. The van der Waals surface area contributed by atoms with E-state index in [4.69, 9.17) is 0 Å². The molecule has 0 atom stereocenters. The summed E-state index contributed by atoms with van der Waals surface area (Å²) >= 11 is 1.24. The number of carbonyl (C=O) groups is 1. The Kier molecular flexibility index (Phi) is 4.76. The van der Waals surface area contributed by atoms with E-state index >= 15 is 0 Å². The first-order valence-corrected chi connectivity index (χ1v) is 8.52. The van der Waals surface area contributed by atoms with Gasteiger partial charge in [-0.2, -0.15) is 0 Å². The zero-order valence-electron chi connectivity index (χ0n) is 13.8. The number of aromatic nitrogens is 1. The van der Waals surface area contributed by atoms with Crippen LogP contribution in [0.3, 0.4) is 0 Å². The van der Waals surface area contributed by atoms with Crippen LogP contribution in [0.5, 0.6) is 0 Å². The Bertz CT molecular complexity index is 1110. The Morgan fingerprint density at radius 2 is 1.80 bits per heavy atom. The minimum atomic E-state index is -0.325. The van der Waals surface area contributed by atoms with Gasteiger partial charge in [-0.25, -0.2) is 4.39 Å². The molecule has 0 fully saturated rings. The number of hydrogen-bond acceptors (Lipinski definition) is 3. The van der Waals surface area contributed by atoms with E-state index < -0.39 is 0 Å². The third kappa shape index (κ3) is 3.67. The fraction of sp³-hybridized carbons (Fsp3) is 0.100. The predicted molar refractivity (Wildman–Crippen MR) is 98.8 cm³/mol. The molecule has 3 nitrogen and oxygen atoms in total. The molecule has 3 aromatic rings. The fourth-order valence-electron chi connectivity index (χ4n) is 2.46. The number of hydrogen-bond donors (Lipinski definition) is 0. The molecule has 1 aromatic heterocycles. The molecule has 25 heavy (non-hydrogen) atoms. The summed E-state index contributed by atoms with van der Waals surface area (Å²) in [6, 6.07) is 13.2. The number of rotatable bonds is 3. The molecule has 0 radical (unpaired) electrons. The van der Waals surface area contributed by atoms with Crippen molar-refractivity contribution in [3.8, 4) is 0 Å². The van der Waals surface area contributed by atoms with Crippen molar-refractivity contribution in [2.45, 2.75) is 6.92 Å². The van der Waals surface area contributed by atoms with Crippen LogP contribution in [0.25, 0.3) is 12.2 Å². The van der Waals surface area contributed by atoms with Gasteiger partial charge in [-0.05, 0) is 36.3 Å². The summed E-state index contributed by atoms with van der Waals surface area (Å²) in [5, 5.41) is 0. The van der Waals surface area contributed by atoms with Crippen LogP contribution in [0.15, 0.2) is 53.3 Å². The third-order valence-corrected chi connectivity index (χ3v) is 5.01. The normalized spacial score (nSPS) is 12.6. The van der Waals surface area contributed by atoms with Gasteiger partial charge in [-0.1, -0.05) is 36.4 Å². The zero-order valence-corrected chi connectivity index (χ0v) is 14.6. The number of nitrogens with zero attached hydrogens (tertiary/aromatic N) is 1. The third-order valence-electron chi connectivity index (χ3n) is 3.89. The highest BCUT2D eigenvalue weighted by Gasteiger charge is 2.07. The van der Waals surface area contributed by atoms with E-state index in [0.29, 0.717) is 14.8 Å². The number of halogens is 1. The Hall–Kier alpha value is -2.79. The lowest BCUT2D eigenvalue weighted by Gasteiger charge is -1.99. The summed E-state index contributed by atoms with van der Waals surface area (Å²) in [7, 11) is 1.64. The van der Waals surface area contributed by atoms with Crippen LogP contribution in [0, 0.1) is 12.7 Å². The second-order valence-corrected chi connectivity index (χ2v) is 6.75. The van der Waals surface area contributed by atoms with Crippen LogP contribution >= 0.6 is 11.3 Å². The summed E-state index contributed by atoms with van der Waals surface area (Å²) in [6.45, 7) is 1.88. The molecule has 0 aliphatic carbocycles. The van der Waals surface area contributed by atoms with Gasteiger partial charge in [0.2, 0.25) is 0 Å². The maximum Gasteiger partial charge on any atom is 0.268 e. The molecule has 0 amide bonds. The van der Waals surface area contributed by atoms with Crippen LogP contribution < -0.4 is 14.8 Å². The highest BCUT2D eigenvalue weighted by atomic mass is 32.1. The lowest BCUT2D eigenvalue weighted by molar-refractivity contribution is 0.106. The molecule has 1 heterocycles. The summed E-state index contributed by atoms with van der Waals surface area (Å²) in [4.78, 5) is 24.9. The molecular formula is C20H16FNO2S. The molecular weight excluding hydrogens is 337 g/mol. The largest absolute Gasteiger partial charge is 0.302 e. The van der Waals surface area contributed by atoms with Gasteiger partial charge in [-0.3, -0.25) is 9.59 Å². The number of Topliss-reactive ketones (excluding diaryl/α,β-unsaturated/α-hetero) is 1. The molecule has 3 rings (SSSR count). The van der Waals surface area contributed by atoms with E-state index in [1.807, 2.05) is 25.1 Å². The Morgan fingerprint density at radius 3 is 2.48 bits per heavy atom. The van der Waals surface area contributed by atoms with Crippen LogP contribution in [0.1, 0.15) is 21.5 Å². The number of benzene rings is 2. The van der Waals surface area contributed by atoms with Crippen LogP contribution in [-0.2, 0) is 7.05 Å². The number of aryl methyl sites for hydroxylation is 1. The van der Waals surface area contributed by atoms with E-state index in [9.17, 15) is 14.0 Å². The first-order chi connectivity index (χ1) is 12.0. The topological polar surface area (TPSA) is 39.1 Å². The van der Waals surface area contributed by atoms with Gasteiger partial charge in [0.1, 0.15) is 10.5 Å². The van der Waals surface area contributed by atoms with Crippen LogP contribution in [0.2, 0.25) is 0 Å². The van der Waals surface area contributed by atoms with Gasteiger partial charge >= 0.3 is 0 Å². The second-order valence-electron chi connectivity index (χ2n) is 5.69. The quantitative estimate of drug-likeness (QED) is 0.678. The van der Waals surface area contributed by atoms with E-state index in [1.165, 1.54) is 34.1 Å². The van der Waals surface area contributed by atoms with Crippen molar-refractivity contribution in [3.05, 3.63) is 90.6 Å². The number of ketones is 1. The average Bonchev–Trinajstić information content (AvgIpc) is 2.85. The van der Waals surface area contributed by atoms with Crippen molar-refractivity contribution in [3.63, 3.8) is 0 Å². The summed E-state index contributed by atoms with van der Waals surface area (Å²) in [5.41, 5.74) is 2.06. The van der Waals surface area contributed by atoms with Crippen LogP contribution in [-0.4, -0.2) is 10.4 Å². The fourth-order valence-corrected chi connectivity index (χ4v) is 3.49. The van der Waals surface area contributed by atoms with Gasteiger partial charge in [0.15, 0.2) is 5.78 Å². The molecule has 2 aromatic carbocycles. The smallest absolute Gasteiger partial charge is 0.268 e. The molecule has 0 aliphatic rings. The zero-order chi connectivity index (χ0) is 18.0. The second kappa shape index (κ2) is 6.99. The first kappa shape index (κ1) is 17.0. The molecule has 5 heteroatoms. The van der Waals surface area contributed by atoms with Crippen molar-refractivity contribution in [1.29, 1.82) is 0 Å². The maximum absolute atomic E-state index is 13.0. The molecule has 0 saturated carbocycles. The van der Waals surface area contributed by atoms with E-state index in [-0.39, 0.29) is 17.2 Å².